The summed E-state index contributed by atoms with van der Waals surface area (Å²) in [5.74, 6) is -0.0175. The normalized spacial score (nSPS) is 12.8. The summed E-state index contributed by atoms with van der Waals surface area (Å²) < 4.78 is 1.38. The third kappa shape index (κ3) is 6.09. The monoisotopic (exact) mass is 472 g/mol. The number of carbonyl (C=O) groups excluding carboxylic acids is 2. The standard InChI is InChI=1S/C22H24N4O2S3/c1-25(2)19(27)17(15-11-7-5-8-12-15)29-21-23-24-22(31-21)30-18(20(28)26(3)4)16-13-9-6-10-14-16/h5-14,17-18H,1-4H3/t17-,18-/m0/s1. The topological polar surface area (TPSA) is 66.4 Å². The number of amides is 2. The third-order valence-corrected chi connectivity index (χ3v) is 7.94. The Kier molecular flexibility index (Phi) is 8.11. The summed E-state index contributed by atoms with van der Waals surface area (Å²) in [6.07, 6.45) is 0. The summed E-state index contributed by atoms with van der Waals surface area (Å²) in [5, 5.41) is 7.76. The molecule has 1 aromatic heterocycles. The van der Waals surface area contributed by atoms with Crippen LogP contribution in [0.4, 0.5) is 0 Å². The molecule has 2 amide bonds. The van der Waals surface area contributed by atoms with Gasteiger partial charge in [0, 0.05) is 28.2 Å². The zero-order chi connectivity index (χ0) is 22.4. The highest BCUT2D eigenvalue weighted by molar-refractivity contribution is 8.04. The van der Waals surface area contributed by atoms with E-state index in [2.05, 4.69) is 10.2 Å². The lowest BCUT2D eigenvalue weighted by molar-refractivity contribution is -0.129. The van der Waals surface area contributed by atoms with Gasteiger partial charge in [-0.2, -0.15) is 0 Å². The maximum absolute atomic E-state index is 12.8. The Morgan fingerprint density at radius 1 is 0.710 bits per heavy atom. The van der Waals surface area contributed by atoms with E-state index < -0.39 is 10.5 Å². The van der Waals surface area contributed by atoms with E-state index >= 15 is 0 Å². The summed E-state index contributed by atoms with van der Waals surface area (Å²) >= 11 is 4.16. The van der Waals surface area contributed by atoms with Crippen molar-refractivity contribution in [1.82, 2.24) is 20.0 Å². The van der Waals surface area contributed by atoms with E-state index in [4.69, 9.17) is 0 Å². The highest BCUT2D eigenvalue weighted by atomic mass is 32.2. The summed E-state index contributed by atoms with van der Waals surface area (Å²) in [6, 6.07) is 19.3. The van der Waals surface area contributed by atoms with Crippen LogP contribution in [-0.4, -0.2) is 60.0 Å². The summed E-state index contributed by atoms with van der Waals surface area (Å²) in [4.78, 5) is 28.7. The SMILES string of the molecule is CN(C)C(=O)[C@@H](Sc1nnc(S[C@H](C(=O)N(C)C)c2ccccc2)s1)c1ccccc1. The molecule has 2 aromatic carbocycles. The second-order valence-electron chi connectivity index (χ2n) is 7.12. The van der Waals surface area contributed by atoms with E-state index in [0.29, 0.717) is 8.68 Å². The molecule has 0 spiro atoms. The number of rotatable bonds is 8. The Balaban J connectivity index is 1.82. The van der Waals surface area contributed by atoms with Crippen LogP contribution in [0.5, 0.6) is 0 Å². The molecule has 3 rings (SSSR count). The molecule has 0 aliphatic rings. The van der Waals surface area contributed by atoms with E-state index in [9.17, 15) is 9.59 Å². The first kappa shape index (κ1) is 23.3. The number of thioether (sulfide) groups is 2. The van der Waals surface area contributed by atoms with Crippen molar-refractivity contribution in [3.63, 3.8) is 0 Å². The number of benzene rings is 2. The molecule has 31 heavy (non-hydrogen) atoms. The maximum Gasteiger partial charge on any atom is 0.240 e. The predicted molar refractivity (Wildman–Crippen MR) is 127 cm³/mol. The van der Waals surface area contributed by atoms with Crippen LogP contribution in [0.1, 0.15) is 21.6 Å². The quantitative estimate of drug-likeness (QED) is 0.453. The third-order valence-electron chi connectivity index (χ3n) is 4.36. The smallest absolute Gasteiger partial charge is 0.240 e. The maximum atomic E-state index is 12.8. The van der Waals surface area contributed by atoms with Crippen molar-refractivity contribution in [2.24, 2.45) is 0 Å². The van der Waals surface area contributed by atoms with Crippen molar-refractivity contribution >= 4 is 46.7 Å². The molecule has 0 radical (unpaired) electrons. The first-order valence-corrected chi connectivity index (χ1v) is 12.1. The minimum Gasteiger partial charge on any atom is -0.348 e. The molecule has 0 fully saturated rings. The number of carbonyl (C=O) groups is 2. The summed E-state index contributed by atoms with van der Waals surface area (Å²) in [7, 11) is 6.99. The van der Waals surface area contributed by atoms with Gasteiger partial charge in [0.1, 0.15) is 10.5 Å². The Hall–Kier alpha value is -2.36. The van der Waals surface area contributed by atoms with Gasteiger partial charge in [-0.15, -0.1) is 10.2 Å². The zero-order valence-electron chi connectivity index (χ0n) is 17.8. The van der Waals surface area contributed by atoms with E-state index in [1.165, 1.54) is 34.9 Å². The van der Waals surface area contributed by atoms with Crippen molar-refractivity contribution in [3.05, 3.63) is 71.8 Å². The molecule has 0 saturated carbocycles. The highest BCUT2D eigenvalue weighted by Crippen LogP contribution is 2.43. The number of nitrogens with zero attached hydrogens (tertiary/aromatic N) is 4. The summed E-state index contributed by atoms with van der Waals surface area (Å²) in [6.45, 7) is 0. The van der Waals surface area contributed by atoms with Gasteiger partial charge in [0.25, 0.3) is 0 Å². The van der Waals surface area contributed by atoms with Crippen molar-refractivity contribution in [2.45, 2.75) is 19.2 Å². The molecule has 0 bridgehead atoms. The molecule has 0 unspecified atom stereocenters. The largest absolute Gasteiger partial charge is 0.348 e. The molecule has 0 aliphatic heterocycles. The Labute approximate surface area is 195 Å². The number of hydrogen-bond acceptors (Lipinski definition) is 7. The lowest BCUT2D eigenvalue weighted by Gasteiger charge is -2.19. The predicted octanol–water partition coefficient (Wildman–Crippen LogP) is 4.38. The lowest BCUT2D eigenvalue weighted by atomic mass is 10.1. The van der Waals surface area contributed by atoms with Gasteiger partial charge in [-0.3, -0.25) is 9.59 Å². The van der Waals surface area contributed by atoms with Gasteiger partial charge in [-0.25, -0.2) is 0 Å². The van der Waals surface area contributed by atoms with Crippen LogP contribution in [0.25, 0.3) is 0 Å². The van der Waals surface area contributed by atoms with E-state index in [1.54, 1.807) is 38.0 Å². The molecule has 9 heteroatoms. The van der Waals surface area contributed by atoms with Gasteiger partial charge in [-0.05, 0) is 11.1 Å². The van der Waals surface area contributed by atoms with Gasteiger partial charge in [0.2, 0.25) is 11.8 Å². The van der Waals surface area contributed by atoms with Gasteiger partial charge in [0.15, 0.2) is 8.68 Å². The van der Waals surface area contributed by atoms with E-state index in [1.807, 2.05) is 60.7 Å². The van der Waals surface area contributed by atoms with Crippen LogP contribution in [-0.2, 0) is 9.59 Å². The number of aromatic nitrogens is 2. The van der Waals surface area contributed by atoms with Gasteiger partial charge in [0.05, 0.1) is 0 Å². The fraction of sp³-hybridized carbons (Fsp3) is 0.273. The first-order valence-electron chi connectivity index (χ1n) is 9.56. The van der Waals surface area contributed by atoms with Crippen LogP contribution in [0.15, 0.2) is 69.3 Å². The minimum atomic E-state index is -0.407. The Bertz CT molecular complexity index is 930. The van der Waals surface area contributed by atoms with Crippen LogP contribution in [0.2, 0.25) is 0 Å². The van der Waals surface area contributed by atoms with Gasteiger partial charge < -0.3 is 9.80 Å². The van der Waals surface area contributed by atoms with Crippen molar-refractivity contribution < 1.29 is 9.59 Å². The Morgan fingerprint density at radius 3 is 1.39 bits per heavy atom. The van der Waals surface area contributed by atoms with Gasteiger partial charge >= 0.3 is 0 Å². The van der Waals surface area contributed by atoms with Crippen LogP contribution in [0, 0.1) is 0 Å². The fourth-order valence-corrected chi connectivity index (χ4v) is 6.44. The molecule has 1 heterocycles. The average molecular weight is 473 g/mol. The number of hydrogen-bond donors (Lipinski definition) is 0. The second-order valence-corrected chi connectivity index (χ2v) is 10.8. The molecule has 0 saturated heterocycles. The average Bonchev–Trinajstić information content (AvgIpc) is 3.23. The Morgan fingerprint density at radius 2 is 1.06 bits per heavy atom. The highest BCUT2D eigenvalue weighted by Gasteiger charge is 2.28. The van der Waals surface area contributed by atoms with Crippen LogP contribution < -0.4 is 0 Å². The molecule has 162 valence electrons. The van der Waals surface area contributed by atoms with Crippen molar-refractivity contribution in [3.8, 4) is 0 Å². The zero-order valence-corrected chi connectivity index (χ0v) is 20.2. The molecular weight excluding hydrogens is 448 g/mol. The van der Waals surface area contributed by atoms with Crippen molar-refractivity contribution in [2.75, 3.05) is 28.2 Å². The van der Waals surface area contributed by atoms with E-state index in [-0.39, 0.29) is 11.8 Å². The minimum absolute atomic E-state index is 0.00875. The molecule has 0 N–H and O–H groups in total. The number of likely N-dealkylation sites (N-methyl/N-ethyl adjacent to an activating group) is 2. The van der Waals surface area contributed by atoms with Crippen molar-refractivity contribution in [1.29, 1.82) is 0 Å². The van der Waals surface area contributed by atoms with E-state index in [0.717, 1.165) is 11.1 Å². The van der Waals surface area contributed by atoms with Gasteiger partial charge in [-0.1, -0.05) is 95.5 Å². The lowest BCUT2D eigenvalue weighted by Crippen LogP contribution is -2.26. The molecule has 2 atom stereocenters. The molecule has 0 aliphatic carbocycles. The summed E-state index contributed by atoms with van der Waals surface area (Å²) in [5.41, 5.74) is 1.83. The molecular formula is C22H24N4O2S3. The fourth-order valence-electron chi connectivity index (χ4n) is 2.74. The molecule has 3 aromatic rings. The molecule has 6 nitrogen and oxygen atoms in total. The second kappa shape index (κ2) is 10.8. The first-order chi connectivity index (χ1) is 14.9. The van der Waals surface area contributed by atoms with Crippen LogP contribution in [0.3, 0.4) is 0 Å². The van der Waals surface area contributed by atoms with Crippen LogP contribution >= 0.6 is 34.9 Å².